The van der Waals surface area contributed by atoms with E-state index in [2.05, 4.69) is 48.0 Å². The zero-order chi connectivity index (χ0) is 13.1. The number of halogens is 1. The van der Waals surface area contributed by atoms with Crippen molar-refractivity contribution in [3.63, 3.8) is 0 Å². The molecule has 1 aromatic rings. The summed E-state index contributed by atoms with van der Waals surface area (Å²) >= 11 is 3.58. The second-order valence-corrected chi connectivity index (χ2v) is 6.56. The summed E-state index contributed by atoms with van der Waals surface area (Å²) in [5.74, 6) is 0.262. The van der Waals surface area contributed by atoms with Gasteiger partial charge in [-0.1, -0.05) is 41.9 Å². The van der Waals surface area contributed by atoms with Crippen LogP contribution in [0.3, 0.4) is 0 Å². The topological polar surface area (TPSA) is 20.3 Å². The van der Waals surface area contributed by atoms with Crippen LogP contribution in [0.15, 0.2) is 18.2 Å². The van der Waals surface area contributed by atoms with Gasteiger partial charge in [-0.3, -0.25) is 4.79 Å². The Bertz CT molecular complexity index is 442. The van der Waals surface area contributed by atoms with E-state index in [1.165, 1.54) is 11.1 Å². The van der Waals surface area contributed by atoms with Crippen LogP contribution in [0.5, 0.6) is 0 Å². The summed E-state index contributed by atoms with van der Waals surface area (Å²) in [6, 6.07) is 6.51. The zero-order valence-electron chi connectivity index (χ0n) is 11.1. The van der Waals surface area contributed by atoms with Gasteiger partial charge in [0.2, 0.25) is 5.91 Å². The lowest BCUT2D eigenvalue weighted by molar-refractivity contribution is -0.118. The molecule has 0 N–H and O–H groups in total. The molecule has 0 spiro atoms. The van der Waals surface area contributed by atoms with Crippen molar-refractivity contribution in [1.82, 2.24) is 0 Å². The Balaban J connectivity index is 2.17. The van der Waals surface area contributed by atoms with Gasteiger partial charge in [-0.25, -0.2) is 0 Å². The third-order valence-corrected chi connectivity index (χ3v) is 3.65. The maximum atomic E-state index is 12.0. The summed E-state index contributed by atoms with van der Waals surface area (Å²) in [7, 11) is 0. The van der Waals surface area contributed by atoms with Crippen molar-refractivity contribution in [3.05, 3.63) is 29.3 Å². The molecule has 0 aliphatic carbocycles. The number of anilines is 1. The lowest BCUT2D eigenvalue weighted by Crippen LogP contribution is -2.28. The summed E-state index contributed by atoms with van der Waals surface area (Å²) in [6.45, 7) is 5.06. The zero-order valence-corrected chi connectivity index (χ0v) is 12.7. The monoisotopic (exact) mass is 309 g/mol. The van der Waals surface area contributed by atoms with Crippen molar-refractivity contribution in [2.75, 3.05) is 11.4 Å². The van der Waals surface area contributed by atoms with E-state index in [9.17, 15) is 4.79 Å². The molecule has 0 bridgehead atoms. The average Bonchev–Trinajstić information content (AvgIpc) is 2.71. The van der Waals surface area contributed by atoms with E-state index in [1.54, 1.807) is 0 Å². The quantitative estimate of drug-likeness (QED) is 0.777. The summed E-state index contributed by atoms with van der Waals surface area (Å²) in [5, 5.41) is 0. The number of rotatable bonds is 4. The van der Waals surface area contributed by atoms with Crippen molar-refractivity contribution in [3.8, 4) is 0 Å². The van der Waals surface area contributed by atoms with E-state index in [4.69, 9.17) is 0 Å². The highest BCUT2D eigenvalue weighted by Crippen LogP contribution is 2.30. The maximum absolute atomic E-state index is 12.0. The van der Waals surface area contributed by atoms with Gasteiger partial charge >= 0.3 is 0 Å². The molecule has 0 fully saturated rings. The molecule has 1 atom stereocenters. The Morgan fingerprint density at radius 3 is 2.94 bits per heavy atom. The van der Waals surface area contributed by atoms with Gasteiger partial charge in [-0.2, -0.15) is 0 Å². The van der Waals surface area contributed by atoms with Gasteiger partial charge < -0.3 is 4.90 Å². The van der Waals surface area contributed by atoms with Crippen LogP contribution in [0.2, 0.25) is 0 Å². The second-order valence-electron chi connectivity index (χ2n) is 4.99. The smallest absolute Gasteiger partial charge is 0.226 e. The molecule has 0 aromatic heterocycles. The van der Waals surface area contributed by atoms with Crippen molar-refractivity contribution < 1.29 is 4.79 Å². The number of amides is 1. The van der Waals surface area contributed by atoms with Crippen LogP contribution in [0.25, 0.3) is 0 Å². The van der Waals surface area contributed by atoms with E-state index in [1.807, 2.05) is 4.90 Å². The molecule has 1 unspecified atom stereocenters. The Kier molecular flexibility index (Phi) is 4.44. The van der Waals surface area contributed by atoms with Gasteiger partial charge in [-0.15, -0.1) is 0 Å². The number of benzene rings is 1. The van der Waals surface area contributed by atoms with E-state index in [0.29, 0.717) is 11.2 Å². The SMILES string of the molecule is CCCC(=O)N1CCc2cc(CC(C)Br)ccc21. The van der Waals surface area contributed by atoms with Gasteiger partial charge in [0, 0.05) is 23.5 Å². The van der Waals surface area contributed by atoms with Crippen LogP contribution < -0.4 is 4.90 Å². The maximum Gasteiger partial charge on any atom is 0.226 e. The first-order valence-electron chi connectivity index (χ1n) is 6.68. The van der Waals surface area contributed by atoms with Crippen LogP contribution in [0.1, 0.15) is 37.8 Å². The van der Waals surface area contributed by atoms with Gasteiger partial charge in [0.05, 0.1) is 0 Å². The number of carbonyl (C=O) groups is 1. The van der Waals surface area contributed by atoms with Crippen LogP contribution in [-0.4, -0.2) is 17.3 Å². The van der Waals surface area contributed by atoms with E-state index < -0.39 is 0 Å². The number of carbonyl (C=O) groups excluding carboxylic acids is 1. The lowest BCUT2D eigenvalue weighted by Gasteiger charge is -2.17. The minimum Gasteiger partial charge on any atom is -0.312 e. The molecule has 2 rings (SSSR count). The summed E-state index contributed by atoms with van der Waals surface area (Å²) < 4.78 is 0. The standard InChI is InChI=1S/C15H20BrNO/c1-3-4-15(18)17-8-7-13-10-12(9-11(2)16)5-6-14(13)17/h5-6,10-11H,3-4,7-9H2,1-2H3. The van der Waals surface area contributed by atoms with E-state index in [0.717, 1.165) is 31.5 Å². The Morgan fingerprint density at radius 1 is 1.50 bits per heavy atom. The Hall–Kier alpha value is -0.830. The summed E-state index contributed by atoms with van der Waals surface area (Å²) in [6.07, 6.45) is 3.61. The third-order valence-electron chi connectivity index (χ3n) is 3.32. The normalized spacial score (nSPS) is 15.6. The minimum absolute atomic E-state index is 0.262. The largest absolute Gasteiger partial charge is 0.312 e. The fourth-order valence-corrected chi connectivity index (χ4v) is 2.89. The number of fused-ring (bicyclic) bond motifs is 1. The molecule has 0 saturated heterocycles. The molecule has 0 radical (unpaired) electrons. The van der Waals surface area contributed by atoms with Crippen molar-refractivity contribution in [1.29, 1.82) is 0 Å². The number of alkyl halides is 1. The Labute approximate surface area is 117 Å². The van der Waals surface area contributed by atoms with E-state index in [-0.39, 0.29) is 5.91 Å². The minimum atomic E-state index is 0.262. The number of hydrogen-bond donors (Lipinski definition) is 0. The molecule has 1 amide bonds. The van der Waals surface area contributed by atoms with Gasteiger partial charge in [-0.05, 0) is 36.5 Å². The molecule has 1 aromatic carbocycles. The molecule has 1 heterocycles. The van der Waals surface area contributed by atoms with Crippen molar-refractivity contribution >= 4 is 27.5 Å². The lowest BCUT2D eigenvalue weighted by atomic mass is 10.0. The molecular weight excluding hydrogens is 290 g/mol. The number of nitrogens with zero attached hydrogens (tertiary/aromatic N) is 1. The highest BCUT2D eigenvalue weighted by atomic mass is 79.9. The molecular formula is C15H20BrNO. The fraction of sp³-hybridized carbons (Fsp3) is 0.533. The highest BCUT2D eigenvalue weighted by molar-refractivity contribution is 9.09. The first kappa shape index (κ1) is 13.6. The highest BCUT2D eigenvalue weighted by Gasteiger charge is 2.23. The van der Waals surface area contributed by atoms with Gasteiger partial charge in [0.25, 0.3) is 0 Å². The van der Waals surface area contributed by atoms with E-state index >= 15 is 0 Å². The van der Waals surface area contributed by atoms with Crippen LogP contribution >= 0.6 is 15.9 Å². The van der Waals surface area contributed by atoms with Gasteiger partial charge in [0.1, 0.15) is 0 Å². The number of hydrogen-bond acceptors (Lipinski definition) is 1. The first-order valence-corrected chi connectivity index (χ1v) is 7.59. The molecule has 98 valence electrons. The van der Waals surface area contributed by atoms with Crippen LogP contribution in [0, 0.1) is 0 Å². The average molecular weight is 310 g/mol. The Morgan fingerprint density at radius 2 is 2.28 bits per heavy atom. The molecule has 3 heteroatoms. The summed E-state index contributed by atoms with van der Waals surface area (Å²) in [4.78, 5) is 14.4. The summed E-state index contributed by atoms with van der Waals surface area (Å²) in [5.41, 5.74) is 3.80. The fourth-order valence-electron chi connectivity index (χ4n) is 2.51. The van der Waals surface area contributed by atoms with Crippen LogP contribution in [0.4, 0.5) is 5.69 Å². The third kappa shape index (κ3) is 2.94. The second kappa shape index (κ2) is 5.87. The molecule has 1 aliphatic heterocycles. The van der Waals surface area contributed by atoms with Crippen molar-refractivity contribution in [2.24, 2.45) is 0 Å². The predicted molar refractivity (Wildman–Crippen MR) is 79.5 cm³/mol. The molecule has 2 nitrogen and oxygen atoms in total. The van der Waals surface area contributed by atoms with Crippen molar-refractivity contribution in [2.45, 2.75) is 44.4 Å². The van der Waals surface area contributed by atoms with Crippen LogP contribution in [-0.2, 0) is 17.6 Å². The molecule has 18 heavy (non-hydrogen) atoms. The molecule has 0 saturated carbocycles. The first-order chi connectivity index (χ1) is 8.61. The van der Waals surface area contributed by atoms with Gasteiger partial charge in [0.15, 0.2) is 0 Å². The molecule has 1 aliphatic rings. The predicted octanol–water partition coefficient (Wildman–Crippen LogP) is 3.70.